The van der Waals surface area contributed by atoms with E-state index in [-0.39, 0.29) is 36.5 Å². The lowest BCUT2D eigenvalue weighted by Crippen LogP contribution is -2.43. The van der Waals surface area contributed by atoms with E-state index in [0.717, 1.165) is 49.7 Å². The van der Waals surface area contributed by atoms with Crippen molar-refractivity contribution in [1.82, 2.24) is 14.8 Å². The summed E-state index contributed by atoms with van der Waals surface area (Å²) in [5, 5.41) is 7.04. The van der Waals surface area contributed by atoms with E-state index >= 15 is 0 Å². The highest BCUT2D eigenvalue weighted by Crippen LogP contribution is 2.34. The van der Waals surface area contributed by atoms with Crippen LogP contribution in [-0.4, -0.2) is 63.6 Å². The second-order valence-corrected chi connectivity index (χ2v) is 14.0. The average molecular weight is 780 g/mol. The number of hydrogen-bond donors (Lipinski definition) is 3. The predicted octanol–water partition coefficient (Wildman–Crippen LogP) is 6.78. The van der Waals surface area contributed by atoms with E-state index in [1.807, 2.05) is 103 Å². The van der Waals surface area contributed by atoms with E-state index in [0.29, 0.717) is 37.3 Å². The molecule has 0 radical (unpaired) electrons. The summed E-state index contributed by atoms with van der Waals surface area (Å²) in [7, 11) is 0. The van der Waals surface area contributed by atoms with Crippen LogP contribution in [0.4, 0.5) is 11.4 Å². The van der Waals surface area contributed by atoms with Gasteiger partial charge in [-0.2, -0.15) is 0 Å². The summed E-state index contributed by atoms with van der Waals surface area (Å²) < 4.78 is 1.00. The molecule has 254 valence electrons. The number of amides is 4. The smallest absolute Gasteiger partial charge is 0.247 e. The molecule has 9 nitrogen and oxygen atoms in total. The molecule has 2 fully saturated rings. The van der Waals surface area contributed by atoms with Crippen LogP contribution in [0.15, 0.2) is 103 Å². The van der Waals surface area contributed by atoms with Gasteiger partial charge >= 0.3 is 0 Å². The van der Waals surface area contributed by atoms with E-state index in [2.05, 4.69) is 38.2 Å². The molecule has 2 atom stereocenters. The second kappa shape index (κ2) is 14.9. The van der Waals surface area contributed by atoms with Gasteiger partial charge in [0.2, 0.25) is 23.6 Å². The Balaban J connectivity index is 0.991. The Bertz CT molecular complexity index is 2030. The molecule has 2 saturated heterocycles. The molecule has 2 aliphatic rings. The summed E-state index contributed by atoms with van der Waals surface area (Å²) >= 11 is 2.31. The van der Waals surface area contributed by atoms with Crippen LogP contribution in [0.5, 0.6) is 0 Å². The fourth-order valence-corrected chi connectivity index (χ4v) is 7.92. The van der Waals surface area contributed by atoms with Crippen molar-refractivity contribution in [2.45, 2.75) is 50.6 Å². The van der Waals surface area contributed by atoms with Gasteiger partial charge in [0.05, 0.1) is 18.5 Å². The number of nitrogens with zero attached hydrogens (tertiary/aromatic N) is 2. The molecule has 10 heteroatoms. The number of aromatic amines is 1. The van der Waals surface area contributed by atoms with Crippen LogP contribution in [0.3, 0.4) is 0 Å². The SMILES string of the molecule is O=C(Nc1ccc2[nH]c(-c3ccc(NC(=O)[C@@H]4CCCN4C(=O)Cc4ccccc4)cc3)c(I)c2c1)C1CCCN1C(=O)Cc1ccccc1. The number of hydrogen-bond acceptors (Lipinski definition) is 4. The summed E-state index contributed by atoms with van der Waals surface area (Å²) in [5.74, 6) is -0.412. The molecule has 3 heterocycles. The maximum absolute atomic E-state index is 13.4. The zero-order valence-electron chi connectivity index (χ0n) is 27.5. The first-order valence-corrected chi connectivity index (χ1v) is 18.1. The maximum atomic E-state index is 13.4. The van der Waals surface area contributed by atoms with Gasteiger partial charge < -0.3 is 25.4 Å². The standard InChI is InChI=1S/C40H38IN5O4/c41-37-31-25-30(43-40(50)34-14-8-22-46(34)36(48)24-27-11-5-2-6-12-27)19-20-32(31)44-38(37)28-15-17-29(18-16-28)42-39(49)33-13-7-21-45(33)35(47)23-26-9-3-1-4-10-26/h1-6,9-12,15-20,25,33-34,44H,7-8,13-14,21-24H2,(H,42,49)(H,43,50)/t33-,34?/m0/s1. The third-order valence-electron chi connectivity index (χ3n) is 9.59. The molecule has 4 amide bonds. The number of benzene rings is 4. The normalized spacial score (nSPS) is 17.2. The minimum absolute atomic E-state index is 0.0326. The van der Waals surface area contributed by atoms with Crippen molar-refractivity contribution in [3.63, 3.8) is 0 Å². The topological polar surface area (TPSA) is 115 Å². The number of carbonyl (C=O) groups excluding carboxylic acids is 4. The summed E-state index contributed by atoms with van der Waals surface area (Å²) in [6.45, 7) is 1.16. The molecule has 0 bridgehead atoms. The van der Waals surface area contributed by atoms with Crippen LogP contribution >= 0.6 is 22.6 Å². The molecule has 3 N–H and O–H groups in total. The van der Waals surface area contributed by atoms with E-state index in [1.165, 1.54) is 0 Å². The third kappa shape index (κ3) is 7.30. The van der Waals surface area contributed by atoms with Crippen LogP contribution in [0.2, 0.25) is 0 Å². The van der Waals surface area contributed by atoms with Gasteiger partial charge in [0, 0.05) is 38.9 Å². The van der Waals surface area contributed by atoms with Gasteiger partial charge in [0.25, 0.3) is 0 Å². The molecule has 1 unspecified atom stereocenters. The zero-order valence-corrected chi connectivity index (χ0v) is 29.7. The summed E-state index contributed by atoms with van der Waals surface area (Å²) in [6.07, 6.45) is 3.45. The number of anilines is 2. The van der Waals surface area contributed by atoms with Crippen molar-refractivity contribution in [3.8, 4) is 11.3 Å². The first-order chi connectivity index (χ1) is 24.3. The number of carbonyl (C=O) groups is 4. The van der Waals surface area contributed by atoms with Crippen LogP contribution in [0, 0.1) is 3.57 Å². The lowest BCUT2D eigenvalue weighted by molar-refractivity contribution is -0.136. The minimum Gasteiger partial charge on any atom is -0.354 e. The molecule has 0 saturated carbocycles. The quantitative estimate of drug-likeness (QED) is 0.143. The lowest BCUT2D eigenvalue weighted by Gasteiger charge is -2.24. The van der Waals surface area contributed by atoms with Gasteiger partial charge in [0.15, 0.2) is 0 Å². The van der Waals surface area contributed by atoms with Gasteiger partial charge in [-0.3, -0.25) is 19.2 Å². The molecular formula is C40H38IN5O4. The molecule has 7 rings (SSSR count). The maximum Gasteiger partial charge on any atom is 0.247 e. The number of H-pyrrole nitrogens is 1. The van der Waals surface area contributed by atoms with Gasteiger partial charge in [0.1, 0.15) is 12.1 Å². The van der Waals surface area contributed by atoms with Crippen molar-refractivity contribution in [2.24, 2.45) is 0 Å². The van der Waals surface area contributed by atoms with Crippen molar-refractivity contribution in [2.75, 3.05) is 23.7 Å². The zero-order chi connectivity index (χ0) is 34.6. The van der Waals surface area contributed by atoms with Gasteiger partial charge in [-0.15, -0.1) is 0 Å². The molecule has 1 aromatic heterocycles. The van der Waals surface area contributed by atoms with Gasteiger partial charge in [-0.25, -0.2) is 0 Å². The summed E-state index contributed by atoms with van der Waals surface area (Å²) in [4.78, 5) is 59.7. The van der Waals surface area contributed by atoms with E-state index in [1.54, 1.807) is 9.80 Å². The minimum atomic E-state index is -0.492. The Kier molecular flexibility index (Phi) is 9.97. The Labute approximate surface area is 304 Å². The number of likely N-dealkylation sites (tertiary alicyclic amines) is 2. The molecular weight excluding hydrogens is 741 g/mol. The Morgan fingerprint density at radius 2 is 1.16 bits per heavy atom. The second-order valence-electron chi connectivity index (χ2n) is 12.9. The van der Waals surface area contributed by atoms with Crippen molar-refractivity contribution < 1.29 is 19.2 Å². The van der Waals surface area contributed by atoms with E-state index < -0.39 is 12.1 Å². The van der Waals surface area contributed by atoms with Gasteiger partial charge in [-0.1, -0.05) is 72.8 Å². The number of fused-ring (bicyclic) bond motifs is 1. The largest absolute Gasteiger partial charge is 0.354 e. The molecule has 0 aliphatic carbocycles. The van der Waals surface area contributed by atoms with Crippen molar-refractivity contribution in [3.05, 3.63) is 118 Å². The summed E-state index contributed by atoms with van der Waals surface area (Å²) in [6, 6.07) is 31.7. The number of nitrogens with one attached hydrogen (secondary N) is 3. The number of halogens is 1. The Hall–Kier alpha value is -4.97. The average Bonchev–Trinajstić information content (AvgIpc) is 3.89. The monoisotopic (exact) mass is 779 g/mol. The lowest BCUT2D eigenvalue weighted by atomic mass is 10.1. The van der Waals surface area contributed by atoms with Crippen LogP contribution < -0.4 is 10.6 Å². The Morgan fingerprint density at radius 3 is 1.70 bits per heavy atom. The van der Waals surface area contributed by atoms with Crippen molar-refractivity contribution >= 4 is 68.5 Å². The van der Waals surface area contributed by atoms with E-state index in [9.17, 15) is 19.2 Å². The highest BCUT2D eigenvalue weighted by Gasteiger charge is 2.35. The number of aromatic nitrogens is 1. The molecule has 2 aliphatic heterocycles. The highest BCUT2D eigenvalue weighted by atomic mass is 127. The molecule has 50 heavy (non-hydrogen) atoms. The van der Waals surface area contributed by atoms with E-state index in [4.69, 9.17) is 0 Å². The first kappa shape index (κ1) is 33.5. The third-order valence-corrected chi connectivity index (χ3v) is 10.7. The van der Waals surface area contributed by atoms with Gasteiger partial charge in [-0.05, 0) is 95.3 Å². The fourth-order valence-electron chi connectivity index (χ4n) is 7.03. The Morgan fingerprint density at radius 1 is 0.660 bits per heavy atom. The summed E-state index contributed by atoms with van der Waals surface area (Å²) in [5.41, 5.74) is 6.04. The molecule has 4 aromatic carbocycles. The highest BCUT2D eigenvalue weighted by molar-refractivity contribution is 14.1. The fraction of sp³-hybridized carbons (Fsp3) is 0.250. The first-order valence-electron chi connectivity index (χ1n) is 17.0. The predicted molar refractivity (Wildman–Crippen MR) is 203 cm³/mol. The van der Waals surface area contributed by atoms with Crippen LogP contribution in [0.25, 0.3) is 22.2 Å². The van der Waals surface area contributed by atoms with Crippen LogP contribution in [0.1, 0.15) is 36.8 Å². The molecule has 0 spiro atoms. The van der Waals surface area contributed by atoms with Crippen molar-refractivity contribution in [1.29, 1.82) is 0 Å². The van der Waals surface area contributed by atoms with Crippen LogP contribution in [-0.2, 0) is 32.0 Å². The number of rotatable bonds is 9. The molecule has 5 aromatic rings.